The number of aliphatic hydroxyl groups is 3. The fraction of sp³-hybridized carbons (Fsp3) is 0.500. The van der Waals surface area contributed by atoms with Crippen LogP contribution >= 0.6 is 0 Å². The second-order valence-electron chi connectivity index (χ2n) is 4.95. The number of ketones is 1. The molecule has 0 aliphatic carbocycles. The summed E-state index contributed by atoms with van der Waals surface area (Å²) in [7, 11) is 0. The Balaban J connectivity index is 2.40. The van der Waals surface area contributed by atoms with Gasteiger partial charge in [-0.15, -0.1) is 0 Å². The first-order chi connectivity index (χ1) is 10.8. The third kappa shape index (κ3) is 3.22. The van der Waals surface area contributed by atoms with Crippen LogP contribution in [0.15, 0.2) is 15.8 Å². The maximum atomic E-state index is 11.8. The Morgan fingerprint density at radius 3 is 2.43 bits per heavy atom. The highest BCUT2D eigenvalue weighted by Gasteiger charge is 2.43. The van der Waals surface area contributed by atoms with Gasteiger partial charge in [-0.1, -0.05) is 0 Å². The van der Waals surface area contributed by atoms with E-state index < -0.39 is 60.6 Å². The predicted octanol–water partition coefficient (Wildman–Crippen LogP) is -3.66. The number of H-pyrrole nitrogens is 1. The summed E-state index contributed by atoms with van der Waals surface area (Å²) in [6.45, 7) is -0.614. The van der Waals surface area contributed by atoms with Crippen LogP contribution in [0.1, 0.15) is 11.8 Å². The van der Waals surface area contributed by atoms with Gasteiger partial charge in [0.2, 0.25) is 5.78 Å². The van der Waals surface area contributed by atoms with Gasteiger partial charge in [0.05, 0.1) is 6.61 Å². The van der Waals surface area contributed by atoms with Crippen molar-refractivity contribution in [2.75, 3.05) is 6.61 Å². The zero-order chi connectivity index (χ0) is 17.3. The first kappa shape index (κ1) is 17.0. The molecule has 2 heterocycles. The lowest BCUT2D eigenvalue weighted by molar-refractivity contribution is -0.148. The van der Waals surface area contributed by atoms with Crippen LogP contribution in [-0.4, -0.2) is 66.6 Å². The van der Waals surface area contributed by atoms with Crippen molar-refractivity contribution < 1.29 is 34.8 Å². The number of carboxylic acids is 1. The second-order valence-corrected chi connectivity index (χ2v) is 4.95. The molecule has 11 heteroatoms. The van der Waals surface area contributed by atoms with Gasteiger partial charge in [0, 0.05) is 18.2 Å². The lowest BCUT2D eigenvalue weighted by Gasteiger charge is -2.17. The zero-order valence-electron chi connectivity index (χ0n) is 11.6. The van der Waals surface area contributed by atoms with E-state index in [4.69, 9.17) is 14.9 Å². The summed E-state index contributed by atoms with van der Waals surface area (Å²) in [5.41, 5.74) is -2.27. The molecule has 1 aromatic rings. The fourth-order valence-corrected chi connectivity index (χ4v) is 2.20. The molecule has 11 nitrogen and oxygen atoms in total. The average Bonchev–Trinajstić information content (AvgIpc) is 2.77. The molecule has 0 aromatic carbocycles. The van der Waals surface area contributed by atoms with Gasteiger partial charge < -0.3 is 25.2 Å². The van der Waals surface area contributed by atoms with Crippen molar-refractivity contribution in [2.45, 2.75) is 31.0 Å². The van der Waals surface area contributed by atoms with Crippen molar-refractivity contribution in [3.63, 3.8) is 0 Å². The third-order valence-electron chi connectivity index (χ3n) is 3.42. The molecular weight excluding hydrogens is 316 g/mol. The Labute approximate surface area is 127 Å². The number of aliphatic hydroxyl groups excluding tert-OH is 3. The summed E-state index contributed by atoms with van der Waals surface area (Å²) in [5.74, 6) is -3.00. The van der Waals surface area contributed by atoms with E-state index in [1.165, 1.54) is 0 Å². The molecule has 4 atom stereocenters. The first-order valence-corrected chi connectivity index (χ1v) is 6.49. The Morgan fingerprint density at radius 1 is 1.26 bits per heavy atom. The molecule has 126 valence electrons. The number of aromatic amines is 1. The molecule has 0 radical (unpaired) electrons. The number of Topliss-reactive ketones (excluding diaryl/α,β-unsaturated/α-hetero) is 1. The first-order valence-electron chi connectivity index (χ1n) is 6.49. The largest absolute Gasteiger partial charge is 0.475 e. The minimum Gasteiger partial charge on any atom is -0.475 e. The summed E-state index contributed by atoms with van der Waals surface area (Å²) in [6.07, 6.45) is -5.47. The number of carboxylic acid groups (broad SMARTS) is 1. The lowest BCUT2D eigenvalue weighted by Crippen LogP contribution is -2.39. The van der Waals surface area contributed by atoms with E-state index in [1.54, 1.807) is 0 Å². The second kappa shape index (κ2) is 6.42. The van der Waals surface area contributed by atoms with Crippen LogP contribution in [0, 0.1) is 0 Å². The normalized spacial score (nSPS) is 27.1. The number of hydrogen-bond acceptors (Lipinski definition) is 8. The summed E-state index contributed by atoms with van der Waals surface area (Å²) >= 11 is 0. The summed E-state index contributed by atoms with van der Waals surface area (Å²) < 4.78 is 5.86. The van der Waals surface area contributed by atoms with Crippen LogP contribution in [0.25, 0.3) is 0 Å². The Bertz CT molecular complexity index is 737. The maximum Gasteiger partial charge on any atom is 0.372 e. The van der Waals surface area contributed by atoms with Gasteiger partial charge in [-0.2, -0.15) is 0 Å². The maximum absolute atomic E-state index is 11.8. The lowest BCUT2D eigenvalue weighted by atomic mass is 10.1. The number of nitrogens with zero attached hydrogens (tertiary/aromatic N) is 1. The van der Waals surface area contributed by atoms with E-state index in [0.29, 0.717) is 0 Å². The third-order valence-corrected chi connectivity index (χ3v) is 3.42. The highest BCUT2D eigenvalue weighted by molar-refractivity contribution is 6.33. The molecular formula is C12H14N2O9. The molecule has 0 bridgehead atoms. The zero-order valence-corrected chi connectivity index (χ0v) is 11.6. The van der Waals surface area contributed by atoms with Crippen LogP contribution in [-0.2, 0) is 20.7 Å². The molecule has 23 heavy (non-hydrogen) atoms. The molecule has 2 unspecified atom stereocenters. The van der Waals surface area contributed by atoms with Gasteiger partial charge in [-0.05, 0) is 0 Å². The van der Waals surface area contributed by atoms with Crippen LogP contribution in [0.3, 0.4) is 0 Å². The molecule has 5 N–H and O–H groups in total. The highest BCUT2D eigenvalue weighted by Crippen LogP contribution is 2.27. The van der Waals surface area contributed by atoms with Crippen LogP contribution < -0.4 is 11.2 Å². The van der Waals surface area contributed by atoms with Gasteiger partial charge >= 0.3 is 11.7 Å². The Kier molecular flexibility index (Phi) is 4.75. The van der Waals surface area contributed by atoms with Crippen molar-refractivity contribution in [1.82, 2.24) is 9.55 Å². The Morgan fingerprint density at radius 2 is 1.91 bits per heavy atom. The van der Waals surface area contributed by atoms with Crippen LogP contribution in [0.2, 0.25) is 0 Å². The van der Waals surface area contributed by atoms with Crippen molar-refractivity contribution in [3.05, 3.63) is 32.6 Å². The minimum atomic E-state index is -1.74. The molecule has 2 rings (SSSR count). The number of hydrogen-bond donors (Lipinski definition) is 5. The van der Waals surface area contributed by atoms with E-state index in [0.717, 1.165) is 10.8 Å². The molecule has 1 fully saturated rings. The highest BCUT2D eigenvalue weighted by atomic mass is 16.6. The molecule has 0 saturated carbocycles. The standard InChI is InChI=1S/C12H14N2O9/c15-3-6-7(17)8(18)10(23-6)14-2-4(1-5(16)11(20)21)9(19)13-12(14)22/h2,6-8,10,15,17-18H,1,3H2,(H,20,21)(H,13,19,22)/t6-,7?,8?,10-/m0/s1. The fourth-order valence-electron chi connectivity index (χ4n) is 2.20. The number of ether oxygens (including phenoxy) is 1. The number of aromatic nitrogens is 2. The summed E-state index contributed by atoms with van der Waals surface area (Å²) in [5, 5.41) is 37.1. The predicted molar refractivity (Wildman–Crippen MR) is 70.7 cm³/mol. The Hall–Kier alpha value is -2.34. The monoisotopic (exact) mass is 330 g/mol. The van der Waals surface area contributed by atoms with Crippen molar-refractivity contribution in [3.8, 4) is 0 Å². The quantitative estimate of drug-likeness (QED) is 0.340. The minimum absolute atomic E-state index is 0.324. The van der Waals surface area contributed by atoms with E-state index in [1.807, 2.05) is 4.98 Å². The van der Waals surface area contributed by atoms with E-state index in [9.17, 15) is 29.4 Å². The number of aliphatic carboxylic acids is 1. The van der Waals surface area contributed by atoms with Gasteiger partial charge in [-0.3, -0.25) is 19.1 Å². The average molecular weight is 330 g/mol. The summed E-state index contributed by atoms with van der Waals surface area (Å²) in [6, 6.07) is 0. The number of carbonyl (C=O) groups excluding carboxylic acids is 1. The number of nitrogens with one attached hydrogen (secondary N) is 1. The molecule has 0 spiro atoms. The molecule has 1 aliphatic heterocycles. The van der Waals surface area contributed by atoms with Gasteiger partial charge in [0.25, 0.3) is 5.56 Å². The summed E-state index contributed by atoms with van der Waals surface area (Å²) in [4.78, 5) is 47.1. The molecule has 0 amide bonds. The van der Waals surface area contributed by atoms with E-state index >= 15 is 0 Å². The van der Waals surface area contributed by atoms with Crippen LogP contribution in [0.4, 0.5) is 0 Å². The van der Waals surface area contributed by atoms with Crippen molar-refractivity contribution in [1.29, 1.82) is 0 Å². The number of rotatable bonds is 5. The molecule has 1 saturated heterocycles. The van der Waals surface area contributed by atoms with Crippen molar-refractivity contribution in [2.24, 2.45) is 0 Å². The van der Waals surface area contributed by atoms with E-state index in [2.05, 4.69) is 0 Å². The van der Waals surface area contributed by atoms with E-state index in [-0.39, 0.29) is 5.56 Å². The topological polar surface area (TPSA) is 179 Å². The SMILES string of the molecule is O=C(O)C(=O)Cc1cn([C@H]2O[C@@H](CO)C(O)C2O)c(=O)[nH]c1=O. The van der Waals surface area contributed by atoms with Gasteiger partial charge in [0.1, 0.15) is 18.3 Å². The van der Waals surface area contributed by atoms with Crippen molar-refractivity contribution >= 4 is 11.8 Å². The smallest absolute Gasteiger partial charge is 0.372 e. The molecule has 1 aromatic heterocycles. The van der Waals surface area contributed by atoms with Gasteiger partial charge in [0.15, 0.2) is 6.23 Å². The van der Waals surface area contributed by atoms with Crippen LogP contribution in [0.5, 0.6) is 0 Å². The number of carbonyl (C=O) groups is 2. The van der Waals surface area contributed by atoms with Gasteiger partial charge in [-0.25, -0.2) is 9.59 Å². The molecule has 1 aliphatic rings.